The molecule has 0 saturated carbocycles. The van der Waals surface area contributed by atoms with Gasteiger partial charge in [-0.25, -0.2) is 4.57 Å². The Kier molecular flexibility index (Phi) is 4.70. The van der Waals surface area contributed by atoms with Crippen molar-refractivity contribution < 1.29 is 53.3 Å². The van der Waals surface area contributed by atoms with Gasteiger partial charge in [0.2, 0.25) is 0 Å². The molecule has 7 N–H and O–H groups in total. The Morgan fingerprint density at radius 3 is 1.94 bits per heavy atom. The lowest BCUT2D eigenvalue weighted by Gasteiger charge is -2.21. The minimum absolute atomic E-state index is 1.95. The Morgan fingerprint density at radius 1 is 1.06 bits per heavy atom. The second-order valence-electron chi connectivity index (χ2n) is 3.55. The quantitative estimate of drug-likeness (QED) is 0.262. The fourth-order valence-corrected chi connectivity index (χ4v) is 2.41. The van der Waals surface area contributed by atoms with Gasteiger partial charge in [0.25, 0.3) is 0 Å². The van der Waals surface area contributed by atoms with Crippen molar-refractivity contribution in [1.82, 2.24) is 0 Å². The molecule has 13 heteroatoms. The number of aliphatic hydroxyl groups excluding tert-OH is 3. The molecule has 0 aliphatic carbocycles. The summed E-state index contributed by atoms with van der Waals surface area (Å²) in [6, 6.07) is 0. The van der Waals surface area contributed by atoms with Crippen LogP contribution < -0.4 is 0 Å². The Bertz CT molecular complexity index is 385. The lowest BCUT2D eigenvalue weighted by atomic mass is 10.1. The summed E-state index contributed by atoms with van der Waals surface area (Å²) < 4.78 is 29.7. The van der Waals surface area contributed by atoms with Crippen molar-refractivity contribution in [1.29, 1.82) is 0 Å². The van der Waals surface area contributed by atoms with Gasteiger partial charge in [-0.05, 0) is 0 Å². The molecule has 1 aliphatic heterocycles. The zero-order valence-electron chi connectivity index (χ0n) is 8.54. The predicted octanol–water partition coefficient (Wildman–Crippen LogP) is -2.96. The van der Waals surface area contributed by atoms with Gasteiger partial charge in [-0.3, -0.25) is 9.09 Å². The summed E-state index contributed by atoms with van der Waals surface area (Å²) in [5, 5.41) is 27.8. The van der Waals surface area contributed by atoms with Crippen molar-refractivity contribution in [2.45, 2.75) is 30.4 Å². The maximum absolute atomic E-state index is 10.7. The van der Waals surface area contributed by atoms with Crippen LogP contribution in [0, 0.1) is 0 Å². The van der Waals surface area contributed by atoms with Crippen LogP contribution in [0.3, 0.4) is 0 Å². The predicted molar refractivity (Wildman–Crippen MR) is 51.9 cm³/mol. The van der Waals surface area contributed by atoms with Crippen molar-refractivity contribution in [2.75, 3.05) is 0 Å². The van der Waals surface area contributed by atoms with E-state index in [1.54, 1.807) is 0 Å². The van der Waals surface area contributed by atoms with Crippen LogP contribution in [0.25, 0.3) is 0 Å². The van der Waals surface area contributed by atoms with Gasteiger partial charge in [0.1, 0.15) is 18.3 Å². The normalized spacial score (nSPS) is 35.7. The number of hydrogen-bond acceptors (Lipinski definition) is 7. The Hall–Kier alpha value is 0.1000. The molecule has 0 amide bonds. The Balaban J connectivity index is 2.82. The van der Waals surface area contributed by atoms with E-state index in [4.69, 9.17) is 19.6 Å². The van der Waals surface area contributed by atoms with Crippen LogP contribution in [0.4, 0.5) is 0 Å². The molecule has 11 nitrogen and oxygen atoms in total. The maximum Gasteiger partial charge on any atom is 0.472 e. The molecular weight excluding hydrogens is 298 g/mol. The van der Waals surface area contributed by atoms with Crippen LogP contribution in [0.5, 0.6) is 0 Å². The van der Waals surface area contributed by atoms with E-state index in [0.29, 0.717) is 0 Å². The highest BCUT2D eigenvalue weighted by Crippen LogP contribution is 2.47. The molecule has 2 unspecified atom stereocenters. The van der Waals surface area contributed by atoms with Gasteiger partial charge in [-0.2, -0.15) is 0 Å². The zero-order chi connectivity index (χ0) is 14.3. The second kappa shape index (κ2) is 5.23. The van der Waals surface area contributed by atoms with Crippen LogP contribution in [0.15, 0.2) is 0 Å². The number of phosphoric acid groups is 1. The topological polar surface area (TPSA) is 194 Å². The average Bonchev–Trinajstić information content (AvgIpc) is 2.41. The molecule has 5 atom stereocenters. The van der Waals surface area contributed by atoms with Crippen LogP contribution in [0.2, 0.25) is 0 Å². The number of ether oxygens (including phenoxy) is 1. The van der Waals surface area contributed by atoms with E-state index in [1.807, 2.05) is 0 Å². The molecule has 1 fully saturated rings. The molecule has 0 aromatic heterocycles. The summed E-state index contributed by atoms with van der Waals surface area (Å²) in [7, 11) is -10.1. The minimum Gasteiger partial charge on any atom is -0.387 e. The largest absolute Gasteiger partial charge is 0.472 e. The van der Waals surface area contributed by atoms with Crippen molar-refractivity contribution >= 4 is 15.4 Å². The minimum atomic E-state index is -5.05. The fraction of sp³-hybridized carbons (Fsp3) is 1.00. The molecule has 0 aromatic rings. The molecule has 1 saturated heterocycles. The first kappa shape index (κ1) is 16.2. The smallest absolute Gasteiger partial charge is 0.387 e. The summed E-state index contributed by atoms with van der Waals surface area (Å²) in [5.41, 5.74) is 0. The van der Waals surface area contributed by atoms with E-state index in [2.05, 4.69) is 9.26 Å². The van der Waals surface area contributed by atoms with E-state index < -0.39 is 45.9 Å². The van der Waals surface area contributed by atoms with Crippen molar-refractivity contribution in [2.24, 2.45) is 0 Å². The van der Waals surface area contributed by atoms with Gasteiger partial charge in [-0.15, -0.1) is 0 Å². The third kappa shape index (κ3) is 3.80. The molecular formula is C5H12O11P2. The number of rotatable bonds is 4. The molecule has 0 aromatic carbocycles. The summed E-state index contributed by atoms with van der Waals surface area (Å²) in [5.74, 6) is -2.47. The highest BCUT2D eigenvalue weighted by Gasteiger charge is 2.52. The Labute approximate surface area is 100.0 Å². The van der Waals surface area contributed by atoms with Crippen molar-refractivity contribution in [3.63, 3.8) is 0 Å². The van der Waals surface area contributed by atoms with Crippen LogP contribution in [0.1, 0.15) is 0 Å². The van der Waals surface area contributed by atoms with Crippen molar-refractivity contribution in [3.05, 3.63) is 0 Å². The van der Waals surface area contributed by atoms with E-state index in [-0.39, 0.29) is 0 Å². The van der Waals surface area contributed by atoms with E-state index in [0.717, 1.165) is 0 Å². The maximum atomic E-state index is 10.7. The van der Waals surface area contributed by atoms with E-state index in [9.17, 15) is 24.4 Å². The summed E-state index contributed by atoms with van der Waals surface area (Å²) in [4.78, 5) is 34.3. The van der Waals surface area contributed by atoms with Gasteiger partial charge in [0.05, 0.1) is 0 Å². The number of aliphatic hydroxyl groups is 3. The zero-order valence-corrected chi connectivity index (χ0v) is 10.3. The highest BCUT2D eigenvalue weighted by molar-refractivity contribution is 7.52. The molecule has 1 aliphatic rings. The SMILES string of the molecule is O=P(O)(O)OC1O[C@H](C(O)P(=O)(O)O)[C@@H](O)[C@H]1O. The van der Waals surface area contributed by atoms with Crippen LogP contribution in [-0.4, -0.2) is 65.3 Å². The van der Waals surface area contributed by atoms with Gasteiger partial charge < -0.3 is 39.6 Å². The summed E-state index contributed by atoms with van der Waals surface area (Å²) >= 11 is 0. The average molecular weight is 310 g/mol. The second-order valence-corrected chi connectivity index (χ2v) is 6.45. The highest BCUT2D eigenvalue weighted by atomic mass is 31.2. The lowest BCUT2D eigenvalue weighted by Crippen LogP contribution is -2.38. The molecule has 0 spiro atoms. The van der Waals surface area contributed by atoms with Crippen LogP contribution in [-0.2, 0) is 18.4 Å². The Morgan fingerprint density at radius 2 is 1.56 bits per heavy atom. The molecule has 0 radical (unpaired) electrons. The number of phosphoric ester groups is 1. The van der Waals surface area contributed by atoms with E-state index in [1.165, 1.54) is 0 Å². The summed E-state index contributed by atoms with van der Waals surface area (Å²) in [6.07, 6.45) is -7.93. The van der Waals surface area contributed by atoms with Gasteiger partial charge in [0.15, 0.2) is 12.1 Å². The van der Waals surface area contributed by atoms with Gasteiger partial charge in [0, 0.05) is 0 Å². The third-order valence-electron chi connectivity index (χ3n) is 2.14. The summed E-state index contributed by atoms with van der Waals surface area (Å²) in [6.45, 7) is 0. The first-order valence-electron chi connectivity index (χ1n) is 4.42. The molecule has 0 bridgehead atoms. The molecule has 1 heterocycles. The third-order valence-corrected chi connectivity index (χ3v) is 3.60. The molecule has 108 valence electrons. The first-order chi connectivity index (χ1) is 7.93. The standard InChI is InChI=1S/C5H12O11P2/c6-1-2(7)5(16-18(12,13)14)15-3(1)4(8)17(9,10)11/h1-8H,(H2,9,10,11)(H2,12,13,14)/t1-,2+,3-,4?,5?/m0/s1. The molecule has 18 heavy (non-hydrogen) atoms. The number of hydrogen-bond donors (Lipinski definition) is 7. The fourth-order valence-electron chi connectivity index (χ4n) is 1.33. The van der Waals surface area contributed by atoms with E-state index >= 15 is 0 Å². The van der Waals surface area contributed by atoms with Crippen LogP contribution >= 0.6 is 15.4 Å². The lowest BCUT2D eigenvalue weighted by molar-refractivity contribution is -0.131. The first-order valence-corrected chi connectivity index (χ1v) is 7.63. The van der Waals surface area contributed by atoms with Gasteiger partial charge in [-0.1, -0.05) is 0 Å². The monoisotopic (exact) mass is 310 g/mol. The van der Waals surface area contributed by atoms with Gasteiger partial charge >= 0.3 is 15.4 Å². The molecule has 1 rings (SSSR count). The van der Waals surface area contributed by atoms with Crippen molar-refractivity contribution in [3.8, 4) is 0 Å².